The number of hydrogen-bond donors (Lipinski definition) is 3. The fraction of sp³-hybridized carbons (Fsp3) is 0. The fourth-order valence-electron chi connectivity index (χ4n) is 0.0373. The molecule has 0 unspecified atom stereocenters. The van der Waals surface area contributed by atoms with E-state index in [4.69, 9.17) is 15.5 Å². The van der Waals surface area contributed by atoms with E-state index in [1.807, 2.05) is 0 Å². The molecule has 12 heavy (non-hydrogen) atoms. The van der Waals surface area contributed by atoms with Gasteiger partial charge in [-0.25, -0.2) is 9.59 Å². The molecule has 0 atom stereocenters. The summed E-state index contributed by atoms with van der Waals surface area (Å²) in [5.74, 6) is -3.04. The Bertz CT molecular complexity index is 179. The van der Waals surface area contributed by atoms with Crippen molar-refractivity contribution in [1.82, 2.24) is 0 Å². The lowest BCUT2D eigenvalue weighted by Crippen LogP contribution is -1.95. The van der Waals surface area contributed by atoms with Gasteiger partial charge in [-0.1, -0.05) is 6.58 Å². The zero-order valence-corrected chi connectivity index (χ0v) is 6.06. The van der Waals surface area contributed by atoms with Gasteiger partial charge >= 0.3 is 11.9 Å². The largest absolute Gasteiger partial charge is 0.502 e. The van der Waals surface area contributed by atoms with E-state index in [-0.39, 0.29) is 0 Å². The van der Waals surface area contributed by atoms with Crippen LogP contribution >= 0.6 is 0 Å². The van der Waals surface area contributed by atoms with Crippen LogP contribution in [-0.4, -0.2) is 27.4 Å². The summed E-state index contributed by atoms with van der Waals surface area (Å²) in [6.45, 7) is 5.71. The lowest BCUT2D eigenvalue weighted by molar-refractivity contribution is -0.228. The van der Waals surface area contributed by atoms with Crippen molar-refractivity contribution in [3.63, 3.8) is 0 Å². The molecule has 0 aliphatic heterocycles. The summed E-state index contributed by atoms with van der Waals surface area (Å²) in [6, 6.07) is 0. The zero-order chi connectivity index (χ0) is 10.1. The Kier molecular flexibility index (Phi) is 7.79. The molecule has 0 aromatic carbocycles. The first-order valence-corrected chi connectivity index (χ1v) is 2.54. The highest BCUT2D eigenvalue weighted by Gasteiger charge is 1.94. The highest BCUT2D eigenvalue weighted by Crippen LogP contribution is 1.75. The van der Waals surface area contributed by atoms with Crippen LogP contribution in [0, 0.1) is 0 Å². The summed E-state index contributed by atoms with van der Waals surface area (Å²) in [6.07, 6.45) is 0.861. The SMILES string of the molecule is C=C(O)C(=O)O.C=CC(=O)OO. The van der Waals surface area contributed by atoms with Crippen molar-refractivity contribution in [3.8, 4) is 0 Å². The maximum absolute atomic E-state index is 9.59. The van der Waals surface area contributed by atoms with Crippen LogP contribution in [0.15, 0.2) is 25.0 Å². The number of aliphatic carboxylic acids is 1. The van der Waals surface area contributed by atoms with Gasteiger partial charge in [0.15, 0.2) is 5.76 Å². The number of carboxylic acid groups (broad SMARTS) is 1. The molecule has 0 saturated carbocycles. The normalized spacial score (nSPS) is 7.08. The van der Waals surface area contributed by atoms with Gasteiger partial charge in [0.2, 0.25) is 0 Å². The topological polar surface area (TPSA) is 104 Å². The van der Waals surface area contributed by atoms with Crippen LogP contribution in [0.4, 0.5) is 0 Å². The van der Waals surface area contributed by atoms with E-state index < -0.39 is 17.7 Å². The van der Waals surface area contributed by atoms with Crippen LogP contribution in [0.5, 0.6) is 0 Å². The minimum absolute atomic E-state index is 0.824. The molecule has 0 aliphatic carbocycles. The summed E-state index contributed by atoms with van der Waals surface area (Å²) >= 11 is 0. The van der Waals surface area contributed by atoms with Gasteiger partial charge in [0.25, 0.3) is 0 Å². The lowest BCUT2D eigenvalue weighted by Gasteiger charge is -1.79. The Morgan fingerprint density at radius 2 is 1.67 bits per heavy atom. The third-order valence-electron chi connectivity index (χ3n) is 0.504. The Labute approximate surface area is 67.9 Å². The number of carbonyl (C=O) groups is 2. The molecule has 6 nitrogen and oxygen atoms in total. The van der Waals surface area contributed by atoms with E-state index in [0.29, 0.717) is 0 Å². The second-order valence-corrected chi connectivity index (χ2v) is 1.37. The molecule has 0 aliphatic rings. The number of hydrogen-bond acceptors (Lipinski definition) is 5. The number of aliphatic hydroxyl groups is 1. The molecule has 0 aromatic rings. The molecule has 0 rings (SSSR count). The Morgan fingerprint density at radius 3 is 1.67 bits per heavy atom. The highest BCUT2D eigenvalue weighted by molar-refractivity contribution is 5.82. The Balaban J connectivity index is 0. The first-order chi connectivity index (χ1) is 5.45. The number of aliphatic hydroxyl groups excluding tert-OH is 1. The van der Waals surface area contributed by atoms with Gasteiger partial charge in [-0.3, -0.25) is 4.89 Å². The number of carboxylic acids is 1. The van der Waals surface area contributed by atoms with Crippen LogP contribution in [0.2, 0.25) is 0 Å². The van der Waals surface area contributed by atoms with Gasteiger partial charge in [-0.2, -0.15) is 5.26 Å². The molecule has 0 aromatic heterocycles. The molecule has 0 amide bonds. The monoisotopic (exact) mass is 176 g/mol. The van der Waals surface area contributed by atoms with Gasteiger partial charge in [0, 0.05) is 6.08 Å². The van der Waals surface area contributed by atoms with Crippen LogP contribution in [-0.2, 0) is 14.5 Å². The van der Waals surface area contributed by atoms with Crippen LogP contribution < -0.4 is 0 Å². The molecule has 3 N–H and O–H groups in total. The fourth-order valence-corrected chi connectivity index (χ4v) is 0.0373. The highest BCUT2D eigenvalue weighted by atomic mass is 17.1. The molecule has 0 spiro atoms. The van der Waals surface area contributed by atoms with Gasteiger partial charge in [0.05, 0.1) is 0 Å². The molecule has 0 fully saturated rings. The Hall–Kier alpha value is -1.82. The van der Waals surface area contributed by atoms with Gasteiger partial charge in [-0.15, -0.1) is 0 Å². The number of rotatable bonds is 2. The van der Waals surface area contributed by atoms with E-state index in [0.717, 1.165) is 6.08 Å². The van der Waals surface area contributed by atoms with E-state index >= 15 is 0 Å². The van der Waals surface area contributed by atoms with Crippen LogP contribution in [0.3, 0.4) is 0 Å². The summed E-state index contributed by atoms with van der Waals surface area (Å²) in [5.41, 5.74) is 0. The molecular weight excluding hydrogens is 168 g/mol. The maximum Gasteiger partial charge on any atom is 0.370 e. The quantitative estimate of drug-likeness (QED) is 0.242. The second kappa shape index (κ2) is 7.29. The average Bonchev–Trinajstić information content (AvgIpc) is 2.04. The van der Waals surface area contributed by atoms with Gasteiger partial charge < -0.3 is 10.2 Å². The summed E-state index contributed by atoms with van der Waals surface area (Å²) in [7, 11) is 0. The second-order valence-electron chi connectivity index (χ2n) is 1.37. The van der Waals surface area contributed by atoms with E-state index in [1.54, 1.807) is 0 Å². The minimum Gasteiger partial charge on any atom is -0.502 e. The van der Waals surface area contributed by atoms with Crippen molar-refractivity contribution < 1.29 is 29.9 Å². The molecule has 0 radical (unpaired) electrons. The molecule has 6 heteroatoms. The Morgan fingerprint density at radius 1 is 1.33 bits per heavy atom. The minimum atomic E-state index is -1.38. The van der Waals surface area contributed by atoms with Crippen molar-refractivity contribution in [3.05, 3.63) is 25.0 Å². The van der Waals surface area contributed by atoms with Crippen molar-refractivity contribution in [2.24, 2.45) is 0 Å². The molecule has 68 valence electrons. The first kappa shape index (κ1) is 12.8. The average molecular weight is 176 g/mol. The van der Waals surface area contributed by atoms with Crippen LogP contribution in [0.1, 0.15) is 0 Å². The molecule has 0 saturated heterocycles. The third-order valence-corrected chi connectivity index (χ3v) is 0.504. The number of carbonyl (C=O) groups excluding carboxylic acids is 1. The van der Waals surface area contributed by atoms with E-state index in [1.165, 1.54) is 0 Å². The molecule has 0 heterocycles. The zero-order valence-electron chi connectivity index (χ0n) is 6.06. The lowest BCUT2D eigenvalue weighted by atomic mass is 10.6. The van der Waals surface area contributed by atoms with E-state index in [9.17, 15) is 9.59 Å². The van der Waals surface area contributed by atoms with Gasteiger partial charge in [0.1, 0.15) is 0 Å². The first-order valence-electron chi connectivity index (χ1n) is 2.54. The summed E-state index contributed by atoms with van der Waals surface area (Å²) < 4.78 is 0. The van der Waals surface area contributed by atoms with E-state index in [2.05, 4.69) is 18.0 Å². The van der Waals surface area contributed by atoms with Crippen molar-refractivity contribution in [1.29, 1.82) is 0 Å². The van der Waals surface area contributed by atoms with Crippen molar-refractivity contribution in [2.45, 2.75) is 0 Å². The van der Waals surface area contributed by atoms with Crippen LogP contribution in [0.25, 0.3) is 0 Å². The molecule has 0 bridgehead atoms. The standard InChI is InChI=1S/2C3H4O3/c1-2-3(4)6-5;1-2(4)3(5)6/h2,5H,1H2;4H,1H2,(H,5,6). The van der Waals surface area contributed by atoms with Gasteiger partial charge in [-0.05, 0) is 6.58 Å². The summed E-state index contributed by atoms with van der Waals surface area (Å²) in [5, 5.41) is 22.9. The third kappa shape index (κ3) is 11.0. The predicted molar refractivity (Wildman–Crippen MR) is 38.3 cm³/mol. The van der Waals surface area contributed by atoms with Crippen molar-refractivity contribution in [2.75, 3.05) is 0 Å². The predicted octanol–water partition coefficient (Wildman–Crippen LogP) is 0.331. The smallest absolute Gasteiger partial charge is 0.370 e. The van der Waals surface area contributed by atoms with Crippen molar-refractivity contribution >= 4 is 11.9 Å². The maximum atomic E-state index is 9.59. The molecular formula is C6H8O6. The summed E-state index contributed by atoms with van der Waals surface area (Å²) in [4.78, 5) is 22.1.